The van der Waals surface area contributed by atoms with Gasteiger partial charge in [0, 0.05) is 11.1 Å². The molecule has 0 unspecified atom stereocenters. The van der Waals surface area contributed by atoms with E-state index < -0.39 is 53.5 Å². The molecule has 0 saturated carbocycles. The average molecular weight is 533 g/mol. The van der Waals surface area contributed by atoms with Gasteiger partial charge >= 0.3 is 16.2 Å². The van der Waals surface area contributed by atoms with Crippen LogP contribution in [0.15, 0.2) is 53.4 Å². The molecule has 3 aromatic carbocycles. The predicted octanol–water partition coefficient (Wildman–Crippen LogP) is 3.83. The van der Waals surface area contributed by atoms with Gasteiger partial charge in [0.1, 0.15) is 23.7 Å². The molecular formula is C24H18F3N3O6S. The summed E-state index contributed by atoms with van der Waals surface area (Å²) in [6.07, 6.45) is -4.72. The number of benzene rings is 3. The number of rotatable bonds is 5. The fraction of sp³-hybridized carbons (Fsp3) is 0.167. The summed E-state index contributed by atoms with van der Waals surface area (Å²) >= 11 is 0. The van der Waals surface area contributed by atoms with E-state index in [0.717, 1.165) is 18.2 Å². The maximum Gasteiger partial charge on any atom is 0.416 e. The molecule has 192 valence electrons. The van der Waals surface area contributed by atoms with Crippen LogP contribution in [0.25, 0.3) is 0 Å². The second-order valence-electron chi connectivity index (χ2n) is 8.56. The number of ether oxygens (including phenoxy) is 1. The van der Waals surface area contributed by atoms with Gasteiger partial charge in [-0.05, 0) is 24.3 Å². The molecule has 1 saturated heterocycles. The molecule has 1 fully saturated rings. The number of carbonyl (C=O) groups is 2. The number of sulfonamides is 1. The molecule has 5 rings (SSSR count). The first-order valence-corrected chi connectivity index (χ1v) is 12.2. The van der Waals surface area contributed by atoms with E-state index in [-0.39, 0.29) is 46.9 Å². The van der Waals surface area contributed by atoms with Gasteiger partial charge in [0.05, 0.1) is 40.9 Å². The molecule has 0 atom stereocenters. The average Bonchev–Trinajstić information content (AvgIpc) is 3.61. The number of halogens is 3. The Hall–Kier alpha value is -3.94. The zero-order chi connectivity index (χ0) is 26.9. The number of fused-ring (bicyclic) bond motifs is 2. The maximum absolute atomic E-state index is 13.5. The number of nitrogens with zero attached hydrogens (tertiary/aromatic N) is 1. The first kappa shape index (κ1) is 24.7. The molecule has 3 N–H and O–H groups in total. The summed E-state index contributed by atoms with van der Waals surface area (Å²) < 4.78 is 70.1. The third kappa shape index (κ3) is 3.74. The molecule has 37 heavy (non-hydrogen) atoms. The van der Waals surface area contributed by atoms with Gasteiger partial charge in [-0.2, -0.15) is 21.6 Å². The van der Waals surface area contributed by atoms with Gasteiger partial charge in [0.2, 0.25) is 0 Å². The number of methoxy groups -OCH3 is 1. The molecule has 0 aromatic heterocycles. The molecule has 1 aliphatic heterocycles. The highest BCUT2D eigenvalue weighted by Gasteiger charge is 2.49. The summed E-state index contributed by atoms with van der Waals surface area (Å²) in [7, 11) is -3.46. The smallest absolute Gasteiger partial charge is 0.416 e. The minimum Gasteiger partial charge on any atom is -0.616 e. The molecule has 0 bridgehead atoms. The van der Waals surface area contributed by atoms with E-state index in [1.165, 1.54) is 31.4 Å². The lowest BCUT2D eigenvalue weighted by molar-refractivity contribution is -0.596. The van der Waals surface area contributed by atoms with E-state index in [9.17, 15) is 36.4 Å². The minimum atomic E-state index is -4.72. The van der Waals surface area contributed by atoms with Crippen LogP contribution in [0.4, 0.5) is 30.2 Å². The van der Waals surface area contributed by atoms with Crippen LogP contribution in [0.3, 0.4) is 0 Å². The molecule has 3 aromatic rings. The first-order chi connectivity index (χ1) is 17.3. The number of carbonyl (C=O) groups excluding carboxylic acids is 2. The van der Waals surface area contributed by atoms with E-state index in [4.69, 9.17) is 10.5 Å². The lowest BCUT2D eigenvalue weighted by Crippen LogP contribution is -2.30. The van der Waals surface area contributed by atoms with Gasteiger partial charge in [0.25, 0.3) is 0 Å². The van der Waals surface area contributed by atoms with Gasteiger partial charge in [0.15, 0.2) is 11.6 Å². The topological polar surface area (TPSA) is 139 Å². The molecular weight excluding hydrogens is 515 g/mol. The first-order valence-electron chi connectivity index (χ1n) is 10.8. The fourth-order valence-electron chi connectivity index (χ4n) is 4.23. The summed E-state index contributed by atoms with van der Waals surface area (Å²) in [4.78, 5) is 26.2. The Balaban J connectivity index is 1.79. The van der Waals surface area contributed by atoms with E-state index in [1.807, 2.05) is 0 Å². The molecule has 0 spiro atoms. The second-order valence-corrected chi connectivity index (χ2v) is 10.6. The van der Waals surface area contributed by atoms with Crippen molar-refractivity contribution >= 4 is 38.7 Å². The number of alkyl halides is 3. The number of nitrogens with one attached hydrogen (secondary N) is 1. The number of hydroxylamine groups is 2. The molecule has 0 radical (unpaired) electrons. The normalized spacial score (nSPS) is 16.1. The van der Waals surface area contributed by atoms with Crippen molar-refractivity contribution in [2.75, 3.05) is 31.2 Å². The Labute approximate surface area is 208 Å². The summed E-state index contributed by atoms with van der Waals surface area (Å²) in [5.41, 5.74) is 3.12. The Morgan fingerprint density at radius 2 is 1.57 bits per heavy atom. The fourth-order valence-corrected chi connectivity index (χ4v) is 5.80. The zero-order valence-electron chi connectivity index (χ0n) is 19.0. The van der Waals surface area contributed by atoms with Crippen LogP contribution in [0.5, 0.6) is 5.75 Å². The van der Waals surface area contributed by atoms with Crippen molar-refractivity contribution in [3.8, 4) is 5.75 Å². The van der Waals surface area contributed by atoms with Crippen LogP contribution in [0.1, 0.15) is 37.4 Å². The van der Waals surface area contributed by atoms with E-state index in [2.05, 4.69) is 5.32 Å². The zero-order valence-corrected chi connectivity index (χ0v) is 19.9. The lowest BCUT2D eigenvalue weighted by Gasteiger charge is -2.27. The number of hydrogen-bond acceptors (Lipinski definition) is 8. The van der Waals surface area contributed by atoms with Crippen LogP contribution in [0, 0.1) is 5.21 Å². The molecule has 9 nitrogen and oxygen atoms in total. The van der Waals surface area contributed by atoms with Crippen molar-refractivity contribution in [1.29, 1.82) is 0 Å². The van der Waals surface area contributed by atoms with Crippen LogP contribution in [0.2, 0.25) is 0 Å². The van der Waals surface area contributed by atoms with Gasteiger partial charge in [-0.25, -0.2) is 4.05 Å². The maximum atomic E-state index is 13.5. The number of nitrogens with two attached hydrogens (primary N) is 1. The van der Waals surface area contributed by atoms with Crippen LogP contribution in [-0.2, 0) is 16.2 Å². The number of quaternary nitrogens is 1. The largest absolute Gasteiger partial charge is 0.616 e. The van der Waals surface area contributed by atoms with Gasteiger partial charge in [-0.1, -0.05) is 24.3 Å². The Bertz CT molecular complexity index is 1610. The summed E-state index contributed by atoms with van der Waals surface area (Å²) in [5, 5.41) is 15.2. The third-order valence-corrected chi connectivity index (χ3v) is 8.44. The standard InChI is InChI=1S/C24H18F3N3O6S/c1-36-17-7-6-12(24(25,26)27)10-15(17)29-16-11-18(37(34,35)30(33)8-9-30)21(28)20-19(16)22(31)13-4-2-3-5-14(13)23(20)32/h2-7,10-11,29H,8-9,28H2,1H3. The van der Waals surface area contributed by atoms with Gasteiger partial charge < -0.3 is 21.0 Å². The van der Waals surface area contributed by atoms with Crippen molar-refractivity contribution in [3.63, 3.8) is 0 Å². The SMILES string of the molecule is COc1ccc(C(F)(F)F)cc1Nc1cc(S(=O)(=O)[N+]2([O-])CC2)c(N)c2c1C(=O)c1ccccc1C2=O. The van der Waals surface area contributed by atoms with Gasteiger partial charge in [-0.15, -0.1) is 0 Å². The number of ketones is 2. The number of nitrogen functional groups attached to an aromatic ring is 1. The summed E-state index contributed by atoms with van der Waals surface area (Å²) in [5.74, 6) is -1.52. The monoisotopic (exact) mass is 533 g/mol. The molecule has 0 amide bonds. The highest BCUT2D eigenvalue weighted by atomic mass is 32.2. The van der Waals surface area contributed by atoms with Crippen LogP contribution >= 0.6 is 0 Å². The van der Waals surface area contributed by atoms with Crippen molar-refractivity contribution in [2.45, 2.75) is 11.1 Å². The summed E-state index contributed by atoms with van der Waals surface area (Å²) in [6, 6.07) is 9.23. The van der Waals surface area contributed by atoms with Crippen molar-refractivity contribution in [2.24, 2.45) is 0 Å². The van der Waals surface area contributed by atoms with Crippen LogP contribution in [-0.4, -0.2) is 44.2 Å². The third-order valence-electron chi connectivity index (χ3n) is 6.30. The van der Waals surface area contributed by atoms with Crippen molar-refractivity contribution in [3.05, 3.63) is 81.6 Å². The molecule has 13 heteroatoms. The van der Waals surface area contributed by atoms with Gasteiger partial charge in [-0.3, -0.25) is 9.59 Å². The minimum absolute atomic E-state index is 0.00679. The van der Waals surface area contributed by atoms with E-state index >= 15 is 0 Å². The van der Waals surface area contributed by atoms with Crippen LogP contribution < -0.4 is 15.8 Å². The molecule has 1 heterocycles. The summed E-state index contributed by atoms with van der Waals surface area (Å²) in [6.45, 7) is -0.475. The number of anilines is 3. The Morgan fingerprint density at radius 3 is 2.11 bits per heavy atom. The van der Waals surface area contributed by atoms with E-state index in [0.29, 0.717) is 6.07 Å². The number of hydrogen-bond donors (Lipinski definition) is 2. The van der Waals surface area contributed by atoms with Crippen molar-refractivity contribution < 1.29 is 40.0 Å². The van der Waals surface area contributed by atoms with Crippen molar-refractivity contribution in [1.82, 2.24) is 0 Å². The second kappa shape index (κ2) is 8.03. The molecule has 1 aliphatic carbocycles. The molecule has 2 aliphatic rings. The Morgan fingerprint density at radius 1 is 0.973 bits per heavy atom. The Kier molecular flexibility index (Phi) is 5.37. The quantitative estimate of drug-likeness (QED) is 0.171. The lowest BCUT2D eigenvalue weighted by atomic mass is 9.82. The predicted molar refractivity (Wildman–Crippen MR) is 126 cm³/mol. The highest BCUT2D eigenvalue weighted by Crippen LogP contribution is 2.44. The van der Waals surface area contributed by atoms with E-state index in [1.54, 1.807) is 0 Å². The highest BCUT2D eigenvalue weighted by molar-refractivity contribution is 7.86.